The van der Waals surface area contributed by atoms with Gasteiger partial charge in [-0.05, 0) is 41.1 Å². The van der Waals surface area contributed by atoms with Crippen molar-refractivity contribution in [2.24, 2.45) is 7.05 Å². The Balaban J connectivity index is 1.78. The summed E-state index contributed by atoms with van der Waals surface area (Å²) in [6, 6.07) is 6.83. The van der Waals surface area contributed by atoms with Crippen molar-refractivity contribution in [3.63, 3.8) is 0 Å². The number of aromatic nitrogens is 7. The zero-order chi connectivity index (χ0) is 20.7. The molecule has 0 fully saturated rings. The summed E-state index contributed by atoms with van der Waals surface area (Å²) >= 11 is 7.09. The zero-order valence-corrected chi connectivity index (χ0v) is 19.0. The van der Waals surface area contributed by atoms with Crippen LogP contribution in [-0.2, 0) is 7.05 Å². The first-order valence-electron chi connectivity index (χ1n) is 8.64. The molecule has 9 nitrogen and oxygen atoms in total. The maximum Gasteiger partial charge on any atom is 0.266 e. The van der Waals surface area contributed by atoms with Gasteiger partial charge in [0.1, 0.15) is 18.5 Å². The van der Waals surface area contributed by atoms with Crippen molar-refractivity contribution in [3.8, 4) is 5.82 Å². The monoisotopic (exact) mass is 518 g/mol. The molecule has 148 valence electrons. The van der Waals surface area contributed by atoms with Crippen molar-refractivity contribution < 1.29 is 0 Å². The average Bonchev–Trinajstić information content (AvgIpc) is 3.18. The molecule has 0 radical (unpaired) electrons. The molecule has 0 amide bonds. The summed E-state index contributed by atoms with van der Waals surface area (Å²) in [6.07, 6.45) is 3.01. The summed E-state index contributed by atoms with van der Waals surface area (Å²) in [6.45, 7) is 2.00. The highest BCUT2D eigenvalue weighted by molar-refractivity contribution is 9.11. The van der Waals surface area contributed by atoms with Gasteiger partial charge in [-0.25, -0.2) is 19.6 Å². The number of aryl methyl sites for hydroxylation is 1. The lowest BCUT2D eigenvalue weighted by Crippen LogP contribution is -2.27. The lowest BCUT2D eigenvalue weighted by molar-refractivity contribution is 0.616. The number of benzene rings is 1. The normalized spacial score (nSPS) is 12.3. The molecule has 1 aromatic carbocycles. The summed E-state index contributed by atoms with van der Waals surface area (Å²) in [5, 5.41) is 9.47. The molecule has 3 heterocycles. The van der Waals surface area contributed by atoms with Crippen molar-refractivity contribution in [1.29, 1.82) is 0 Å². The summed E-state index contributed by atoms with van der Waals surface area (Å²) in [5.41, 5.74) is 0.627. The minimum Gasteiger partial charge on any atom is -0.349 e. The third kappa shape index (κ3) is 3.55. The van der Waals surface area contributed by atoms with Gasteiger partial charge >= 0.3 is 0 Å². The number of nitrogens with zero attached hydrogens (tertiary/aromatic N) is 8. The van der Waals surface area contributed by atoms with Gasteiger partial charge in [-0.1, -0.05) is 15.9 Å². The summed E-state index contributed by atoms with van der Waals surface area (Å²) in [7, 11) is 3.54. The summed E-state index contributed by atoms with van der Waals surface area (Å²) < 4.78 is 4.69. The molecule has 0 bridgehead atoms. The Morgan fingerprint density at radius 1 is 1.10 bits per heavy atom. The van der Waals surface area contributed by atoms with Crippen LogP contribution in [0.2, 0.25) is 0 Å². The molecule has 29 heavy (non-hydrogen) atoms. The maximum atomic E-state index is 11.7. The van der Waals surface area contributed by atoms with Gasteiger partial charge in [0, 0.05) is 34.5 Å². The van der Waals surface area contributed by atoms with Gasteiger partial charge in [0.25, 0.3) is 5.56 Å². The van der Waals surface area contributed by atoms with E-state index in [0.717, 1.165) is 25.7 Å². The Kier molecular flexibility index (Phi) is 5.17. The Bertz CT molecular complexity index is 1270. The van der Waals surface area contributed by atoms with Gasteiger partial charge in [0.2, 0.25) is 0 Å². The highest BCUT2D eigenvalue weighted by Gasteiger charge is 2.23. The van der Waals surface area contributed by atoms with E-state index in [9.17, 15) is 4.79 Å². The largest absolute Gasteiger partial charge is 0.349 e. The van der Waals surface area contributed by atoms with Crippen molar-refractivity contribution in [1.82, 2.24) is 34.5 Å². The van der Waals surface area contributed by atoms with E-state index in [1.807, 2.05) is 31.0 Å². The molecule has 0 spiro atoms. The number of anilines is 1. The van der Waals surface area contributed by atoms with Gasteiger partial charge in [-0.15, -0.1) is 5.10 Å². The Labute approximate surface area is 182 Å². The third-order valence-electron chi connectivity index (χ3n) is 4.66. The maximum absolute atomic E-state index is 11.7. The molecule has 0 aliphatic heterocycles. The fourth-order valence-electron chi connectivity index (χ4n) is 3.03. The molecule has 1 atom stereocenters. The van der Waals surface area contributed by atoms with Gasteiger partial charge in [0.05, 0.1) is 11.6 Å². The van der Waals surface area contributed by atoms with Gasteiger partial charge in [-0.2, -0.15) is 9.78 Å². The van der Waals surface area contributed by atoms with Gasteiger partial charge in [-0.3, -0.25) is 4.79 Å². The van der Waals surface area contributed by atoms with Crippen LogP contribution in [-0.4, -0.2) is 41.6 Å². The molecule has 0 saturated heterocycles. The van der Waals surface area contributed by atoms with Crippen LogP contribution in [0.15, 0.2) is 50.7 Å². The summed E-state index contributed by atoms with van der Waals surface area (Å²) in [5.74, 6) is 1.94. The first-order chi connectivity index (χ1) is 13.9. The van der Waals surface area contributed by atoms with Crippen LogP contribution in [0.5, 0.6) is 0 Å². The number of fused-ring (bicyclic) bond motifs is 1. The lowest BCUT2D eigenvalue weighted by atomic mass is 10.2. The Hall–Kier alpha value is -2.66. The molecular formula is C18H16Br2N8O. The smallest absolute Gasteiger partial charge is 0.266 e. The first-order valence-corrected chi connectivity index (χ1v) is 10.2. The number of hydrogen-bond acceptors (Lipinski definition) is 7. The predicted molar refractivity (Wildman–Crippen MR) is 116 cm³/mol. The standard InChI is InChI=1S/C18H16Br2N8O/c1-10(17-23-9-24-28(17)14-4-5-15(29)27(3)25-14)26(2)18-12-6-11(19)7-13(20)16(12)21-8-22-18/h4-10H,1-3H3. The van der Waals surface area contributed by atoms with E-state index in [1.165, 1.54) is 17.1 Å². The van der Waals surface area contributed by atoms with E-state index in [-0.39, 0.29) is 11.6 Å². The molecule has 0 N–H and O–H groups in total. The molecule has 0 aliphatic rings. The topological polar surface area (TPSA) is 94.6 Å². The lowest BCUT2D eigenvalue weighted by Gasteiger charge is -2.26. The van der Waals surface area contributed by atoms with Crippen LogP contribution in [0.25, 0.3) is 16.7 Å². The predicted octanol–water partition coefficient (Wildman–Crippen LogP) is 3.03. The van der Waals surface area contributed by atoms with Crippen LogP contribution in [0.1, 0.15) is 18.8 Å². The average molecular weight is 520 g/mol. The van der Waals surface area contributed by atoms with E-state index in [0.29, 0.717) is 11.6 Å². The second-order valence-corrected chi connectivity index (χ2v) is 8.22. The van der Waals surface area contributed by atoms with Crippen molar-refractivity contribution in [3.05, 3.63) is 62.0 Å². The fourth-order valence-corrected chi connectivity index (χ4v) is 4.36. The molecule has 0 aliphatic carbocycles. The van der Waals surface area contributed by atoms with Gasteiger partial charge in [0.15, 0.2) is 11.6 Å². The second kappa shape index (κ2) is 7.64. The molecule has 3 aromatic heterocycles. The molecule has 1 unspecified atom stereocenters. The highest BCUT2D eigenvalue weighted by atomic mass is 79.9. The van der Waals surface area contributed by atoms with Crippen molar-refractivity contribution >= 4 is 48.6 Å². The Morgan fingerprint density at radius 2 is 1.90 bits per heavy atom. The van der Waals surface area contributed by atoms with E-state index >= 15 is 0 Å². The molecule has 4 rings (SSSR count). The molecular weight excluding hydrogens is 504 g/mol. The third-order valence-corrected chi connectivity index (χ3v) is 5.72. The number of halogens is 2. The van der Waals surface area contributed by atoms with Gasteiger partial charge < -0.3 is 4.90 Å². The minimum absolute atomic E-state index is 0.188. The van der Waals surface area contributed by atoms with Crippen molar-refractivity contribution in [2.45, 2.75) is 13.0 Å². The quantitative estimate of drug-likeness (QED) is 0.409. The van der Waals surface area contributed by atoms with Crippen LogP contribution in [0, 0.1) is 0 Å². The molecule has 11 heteroatoms. The van der Waals surface area contributed by atoms with E-state index in [1.54, 1.807) is 24.1 Å². The highest BCUT2D eigenvalue weighted by Crippen LogP contribution is 2.34. The van der Waals surface area contributed by atoms with E-state index in [4.69, 9.17) is 0 Å². The van der Waals surface area contributed by atoms with Crippen LogP contribution >= 0.6 is 31.9 Å². The van der Waals surface area contributed by atoms with Crippen LogP contribution in [0.4, 0.5) is 5.82 Å². The SMILES string of the molecule is CC(c1ncnn1-c1ccc(=O)n(C)n1)N(C)c1ncnc2c(Br)cc(Br)cc12. The second-order valence-electron chi connectivity index (χ2n) is 6.45. The fraction of sp³-hybridized carbons (Fsp3) is 0.222. The van der Waals surface area contributed by atoms with Crippen molar-refractivity contribution in [2.75, 3.05) is 11.9 Å². The van der Waals surface area contributed by atoms with Crippen LogP contribution < -0.4 is 10.5 Å². The Morgan fingerprint density at radius 3 is 2.66 bits per heavy atom. The number of hydrogen-bond donors (Lipinski definition) is 0. The summed E-state index contributed by atoms with van der Waals surface area (Å²) in [4.78, 5) is 27.0. The zero-order valence-electron chi connectivity index (χ0n) is 15.8. The number of rotatable bonds is 4. The first kappa shape index (κ1) is 19.6. The van der Waals surface area contributed by atoms with E-state index < -0.39 is 0 Å². The molecule has 0 saturated carbocycles. The molecule has 4 aromatic rings. The minimum atomic E-state index is -0.191. The van der Waals surface area contributed by atoms with E-state index in [2.05, 4.69) is 57.0 Å². The van der Waals surface area contributed by atoms with Crippen LogP contribution in [0.3, 0.4) is 0 Å².